The Kier molecular flexibility index (Phi) is 5.97. The minimum Gasteiger partial charge on any atom is -0.381 e. The first kappa shape index (κ1) is 20.0. The molecule has 29 heavy (non-hydrogen) atoms. The number of carbonyl (C=O) groups is 1. The van der Waals surface area contributed by atoms with Crippen molar-refractivity contribution >= 4 is 5.91 Å². The molecule has 1 atom stereocenters. The van der Waals surface area contributed by atoms with E-state index in [0.29, 0.717) is 39.0 Å². The standard InChI is InChI=1S/C24H29FN2O2/c1-26-13-14-27(18-22(26)20-5-3-2-4-6-20)23(28)24(11-15-29-16-12-24)17-19-7-9-21(25)10-8-19/h2-10,22H,11-18H2,1H3/t22-/m0/s1. The van der Waals surface area contributed by atoms with Crippen LogP contribution in [-0.2, 0) is 16.0 Å². The summed E-state index contributed by atoms with van der Waals surface area (Å²) in [6.45, 7) is 3.50. The fourth-order valence-corrected chi connectivity index (χ4v) is 4.65. The zero-order valence-electron chi connectivity index (χ0n) is 17.0. The zero-order chi connectivity index (χ0) is 20.3. The maximum atomic E-state index is 13.8. The van der Waals surface area contributed by atoms with Crippen molar-refractivity contribution in [1.82, 2.24) is 9.80 Å². The number of nitrogens with zero attached hydrogens (tertiary/aromatic N) is 2. The van der Waals surface area contributed by atoms with Gasteiger partial charge in [-0.25, -0.2) is 4.39 Å². The molecule has 1 amide bonds. The van der Waals surface area contributed by atoms with E-state index in [1.54, 1.807) is 12.1 Å². The van der Waals surface area contributed by atoms with E-state index < -0.39 is 5.41 Å². The second-order valence-corrected chi connectivity index (χ2v) is 8.35. The normalized spacial score (nSPS) is 22.4. The average Bonchev–Trinajstić information content (AvgIpc) is 2.76. The van der Waals surface area contributed by atoms with E-state index in [2.05, 4.69) is 36.2 Å². The number of ether oxygens (including phenoxy) is 1. The van der Waals surface area contributed by atoms with Crippen LogP contribution in [0.15, 0.2) is 54.6 Å². The lowest BCUT2D eigenvalue weighted by molar-refractivity contribution is -0.151. The van der Waals surface area contributed by atoms with Gasteiger partial charge < -0.3 is 9.64 Å². The SMILES string of the molecule is CN1CCN(C(=O)C2(Cc3ccc(F)cc3)CCOCC2)C[C@H]1c1ccccc1. The van der Waals surface area contributed by atoms with Crippen LogP contribution in [0.1, 0.15) is 30.0 Å². The van der Waals surface area contributed by atoms with E-state index in [9.17, 15) is 9.18 Å². The molecule has 2 aromatic rings. The molecule has 4 rings (SSSR count). The quantitative estimate of drug-likeness (QED) is 0.790. The van der Waals surface area contributed by atoms with Gasteiger partial charge in [-0.3, -0.25) is 9.69 Å². The average molecular weight is 397 g/mol. The minimum atomic E-state index is -0.465. The number of hydrogen-bond acceptors (Lipinski definition) is 3. The molecule has 2 saturated heterocycles. The number of benzene rings is 2. The summed E-state index contributed by atoms with van der Waals surface area (Å²) in [5.74, 6) is -0.0231. The maximum Gasteiger partial charge on any atom is 0.229 e. The third-order valence-electron chi connectivity index (χ3n) is 6.48. The molecule has 2 aliphatic heterocycles. The van der Waals surface area contributed by atoms with Crippen LogP contribution in [-0.4, -0.2) is 55.6 Å². The van der Waals surface area contributed by atoms with Crippen molar-refractivity contribution in [2.24, 2.45) is 5.41 Å². The predicted octanol–water partition coefficient (Wildman–Crippen LogP) is 3.68. The molecule has 0 saturated carbocycles. The van der Waals surface area contributed by atoms with Crippen molar-refractivity contribution in [3.8, 4) is 0 Å². The molecular formula is C24H29FN2O2. The van der Waals surface area contributed by atoms with Crippen LogP contribution in [0.25, 0.3) is 0 Å². The first-order valence-corrected chi connectivity index (χ1v) is 10.4. The van der Waals surface area contributed by atoms with Crippen LogP contribution in [0.3, 0.4) is 0 Å². The van der Waals surface area contributed by atoms with Crippen molar-refractivity contribution in [2.75, 3.05) is 39.9 Å². The third-order valence-corrected chi connectivity index (χ3v) is 6.48. The molecule has 2 aliphatic rings. The maximum absolute atomic E-state index is 13.8. The molecule has 0 unspecified atom stereocenters. The van der Waals surface area contributed by atoms with Gasteiger partial charge in [0.1, 0.15) is 5.82 Å². The number of rotatable bonds is 4. The van der Waals surface area contributed by atoms with Gasteiger partial charge in [-0.15, -0.1) is 0 Å². The topological polar surface area (TPSA) is 32.8 Å². The van der Waals surface area contributed by atoms with E-state index in [0.717, 1.165) is 18.7 Å². The van der Waals surface area contributed by atoms with Gasteiger partial charge in [0.05, 0.1) is 11.5 Å². The van der Waals surface area contributed by atoms with E-state index in [4.69, 9.17) is 4.74 Å². The predicted molar refractivity (Wildman–Crippen MR) is 111 cm³/mol. The summed E-state index contributed by atoms with van der Waals surface area (Å²) in [6.07, 6.45) is 2.06. The molecule has 0 N–H and O–H groups in total. The molecule has 2 heterocycles. The zero-order valence-corrected chi connectivity index (χ0v) is 17.0. The van der Waals surface area contributed by atoms with Crippen LogP contribution in [0.2, 0.25) is 0 Å². The van der Waals surface area contributed by atoms with Gasteiger partial charge in [0.2, 0.25) is 5.91 Å². The molecule has 0 aliphatic carbocycles. The Balaban J connectivity index is 1.56. The Morgan fingerprint density at radius 1 is 1.07 bits per heavy atom. The molecular weight excluding hydrogens is 367 g/mol. The van der Waals surface area contributed by atoms with Crippen molar-refractivity contribution < 1.29 is 13.9 Å². The minimum absolute atomic E-state index is 0.205. The van der Waals surface area contributed by atoms with E-state index in [-0.39, 0.29) is 17.8 Å². The van der Waals surface area contributed by atoms with Gasteiger partial charge in [0, 0.05) is 32.8 Å². The van der Waals surface area contributed by atoms with Crippen molar-refractivity contribution in [1.29, 1.82) is 0 Å². The van der Waals surface area contributed by atoms with Crippen molar-refractivity contribution in [2.45, 2.75) is 25.3 Å². The highest BCUT2D eigenvalue weighted by atomic mass is 19.1. The van der Waals surface area contributed by atoms with Crippen molar-refractivity contribution in [3.63, 3.8) is 0 Å². The number of hydrogen-bond donors (Lipinski definition) is 0. The Morgan fingerprint density at radius 2 is 1.76 bits per heavy atom. The van der Waals surface area contributed by atoms with E-state index in [1.165, 1.54) is 17.7 Å². The summed E-state index contributed by atoms with van der Waals surface area (Å²) >= 11 is 0. The van der Waals surface area contributed by atoms with Gasteiger partial charge in [0.25, 0.3) is 0 Å². The molecule has 5 heteroatoms. The number of carbonyl (C=O) groups excluding carboxylic acids is 1. The smallest absolute Gasteiger partial charge is 0.229 e. The lowest BCUT2D eigenvalue weighted by Gasteiger charge is -2.45. The highest BCUT2D eigenvalue weighted by molar-refractivity contribution is 5.83. The number of halogens is 1. The number of piperazine rings is 1. The van der Waals surface area contributed by atoms with Crippen LogP contribution in [0.5, 0.6) is 0 Å². The molecule has 2 fully saturated rings. The van der Waals surface area contributed by atoms with Crippen LogP contribution in [0.4, 0.5) is 4.39 Å². The number of amides is 1. The monoisotopic (exact) mass is 396 g/mol. The Bertz CT molecular complexity index is 819. The first-order chi connectivity index (χ1) is 14.1. The van der Waals surface area contributed by atoms with Crippen LogP contribution < -0.4 is 0 Å². The Labute approximate surface area is 172 Å². The summed E-state index contributed by atoms with van der Waals surface area (Å²) < 4.78 is 18.9. The van der Waals surface area contributed by atoms with Gasteiger partial charge in [-0.1, -0.05) is 42.5 Å². The highest BCUT2D eigenvalue weighted by Crippen LogP contribution is 2.38. The van der Waals surface area contributed by atoms with Gasteiger partial charge in [0.15, 0.2) is 0 Å². The first-order valence-electron chi connectivity index (χ1n) is 10.4. The summed E-state index contributed by atoms with van der Waals surface area (Å²) in [5, 5.41) is 0. The summed E-state index contributed by atoms with van der Waals surface area (Å²) in [7, 11) is 2.13. The highest BCUT2D eigenvalue weighted by Gasteiger charge is 2.44. The fourth-order valence-electron chi connectivity index (χ4n) is 4.65. The Morgan fingerprint density at radius 3 is 2.45 bits per heavy atom. The van der Waals surface area contributed by atoms with Gasteiger partial charge in [-0.2, -0.15) is 0 Å². The van der Waals surface area contributed by atoms with E-state index >= 15 is 0 Å². The summed E-state index contributed by atoms with van der Waals surface area (Å²) in [4.78, 5) is 18.2. The molecule has 2 aromatic carbocycles. The molecule has 4 nitrogen and oxygen atoms in total. The second kappa shape index (κ2) is 8.64. The summed E-state index contributed by atoms with van der Waals surface area (Å²) in [6, 6.07) is 17.2. The third kappa shape index (κ3) is 4.36. The molecule has 0 radical (unpaired) electrons. The molecule has 154 valence electrons. The molecule has 0 spiro atoms. The van der Waals surface area contributed by atoms with Crippen molar-refractivity contribution in [3.05, 3.63) is 71.5 Å². The molecule has 0 bridgehead atoms. The van der Waals surface area contributed by atoms with Crippen LogP contribution >= 0.6 is 0 Å². The fraction of sp³-hybridized carbons (Fsp3) is 0.458. The summed E-state index contributed by atoms with van der Waals surface area (Å²) in [5.41, 5.74) is 1.79. The number of likely N-dealkylation sites (N-methyl/N-ethyl adjacent to an activating group) is 1. The largest absolute Gasteiger partial charge is 0.381 e. The Hall–Kier alpha value is -2.24. The second-order valence-electron chi connectivity index (χ2n) is 8.35. The molecule has 0 aromatic heterocycles. The lowest BCUT2D eigenvalue weighted by atomic mass is 9.73. The van der Waals surface area contributed by atoms with Gasteiger partial charge in [-0.05, 0) is 49.6 Å². The van der Waals surface area contributed by atoms with Gasteiger partial charge >= 0.3 is 0 Å². The lowest BCUT2D eigenvalue weighted by Crippen LogP contribution is -2.55. The van der Waals surface area contributed by atoms with E-state index in [1.807, 2.05) is 11.0 Å². The van der Waals surface area contributed by atoms with Crippen LogP contribution in [0, 0.1) is 11.2 Å².